The van der Waals surface area contributed by atoms with Gasteiger partial charge in [-0.3, -0.25) is 24.2 Å². The number of benzene rings is 2. The van der Waals surface area contributed by atoms with Gasteiger partial charge in [0.15, 0.2) is 0 Å². The molecule has 0 bridgehead atoms. The number of fused-ring (bicyclic) bond motifs is 2. The third kappa shape index (κ3) is 6.32. The number of ether oxygens (including phenoxy) is 1. The number of aliphatic imine (C=N–C) groups is 1. The molecule has 1 N–H and O–H groups in total. The molecule has 2 amide bonds. The summed E-state index contributed by atoms with van der Waals surface area (Å²) in [6.07, 6.45) is 7.46. The van der Waals surface area contributed by atoms with E-state index in [2.05, 4.69) is 32.3 Å². The maximum absolute atomic E-state index is 13.4. The van der Waals surface area contributed by atoms with Gasteiger partial charge in [-0.15, -0.1) is 0 Å². The summed E-state index contributed by atoms with van der Waals surface area (Å²) in [5.74, 6) is 1.32. The Morgan fingerprint density at radius 1 is 1.09 bits per heavy atom. The number of amidine groups is 1. The van der Waals surface area contributed by atoms with Crippen LogP contribution in [0.1, 0.15) is 15.9 Å². The molecule has 11 heteroatoms. The zero-order valence-corrected chi connectivity index (χ0v) is 24.9. The molecule has 1 saturated heterocycles. The largest absolute Gasteiger partial charge is 0.492 e. The van der Waals surface area contributed by atoms with Crippen molar-refractivity contribution >= 4 is 34.2 Å². The third-order valence-electron chi connectivity index (χ3n) is 8.13. The van der Waals surface area contributed by atoms with E-state index in [1.54, 1.807) is 25.2 Å². The summed E-state index contributed by atoms with van der Waals surface area (Å²) in [5.41, 5.74) is 3.19. The van der Waals surface area contributed by atoms with Crippen molar-refractivity contribution in [1.29, 1.82) is 0 Å². The number of piperazine rings is 1. The van der Waals surface area contributed by atoms with E-state index in [0.29, 0.717) is 30.9 Å². The summed E-state index contributed by atoms with van der Waals surface area (Å²) in [6, 6.07) is 12.9. The molecule has 2 aromatic carbocycles. The summed E-state index contributed by atoms with van der Waals surface area (Å²) in [6.45, 7) is 6.68. The minimum Gasteiger partial charge on any atom is -0.492 e. The fourth-order valence-electron chi connectivity index (χ4n) is 5.59. The van der Waals surface area contributed by atoms with Crippen molar-refractivity contribution in [2.75, 3.05) is 72.3 Å². The fraction of sp³-hybridized carbons (Fsp3) is 0.375. The van der Waals surface area contributed by atoms with Crippen molar-refractivity contribution in [3.8, 4) is 0 Å². The Morgan fingerprint density at radius 3 is 2.72 bits per heavy atom. The Morgan fingerprint density at radius 2 is 1.91 bits per heavy atom. The first-order valence-corrected chi connectivity index (χ1v) is 14.7. The molecule has 224 valence electrons. The molecule has 11 nitrogen and oxygen atoms in total. The molecule has 1 aromatic heterocycles. The van der Waals surface area contributed by atoms with Gasteiger partial charge in [0.05, 0.1) is 30.5 Å². The summed E-state index contributed by atoms with van der Waals surface area (Å²) in [4.78, 5) is 38.7. The number of carbonyl (C=O) groups is 2. The molecular weight excluding hydrogens is 544 g/mol. The summed E-state index contributed by atoms with van der Waals surface area (Å²) in [7, 11) is 5.64. The lowest BCUT2D eigenvalue weighted by Gasteiger charge is -2.32. The highest BCUT2D eigenvalue weighted by atomic mass is 16.5. The summed E-state index contributed by atoms with van der Waals surface area (Å²) >= 11 is 0. The second kappa shape index (κ2) is 12.4. The lowest BCUT2D eigenvalue weighted by atomic mass is 10.1. The first kappa shape index (κ1) is 28.6. The topological polar surface area (TPSA) is 98.5 Å². The van der Waals surface area contributed by atoms with Crippen LogP contribution in [0.15, 0.2) is 77.8 Å². The fourth-order valence-corrected chi connectivity index (χ4v) is 5.59. The third-order valence-corrected chi connectivity index (χ3v) is 8.13. The zero-order valence-electron chi connectivity index (χ0n) is 24.9. The number of nitrogens with one attached hydrogen (secondary N) is 1. The number of rotatable bonds is 9. The lowest BCUT2D eigenvalue weighted by Crippen LogP contribution is -2.45. The normalized spacial score (nSPS) is 18.8. The van der Waals surface area contributed by atoms with Gasteiger partial charge in [0.25, 0.3) is 5.91 Å². The van der Waals surface area contributed by atoms with E-state index in [9.17, 15) is 9.59 Å². The van der Waals surface area contributed by atoms with Crippen molar-refractivity contribution < 1.29 is 14.3 Å². The first-order valence-electron chi connectivity index (χ1n) is 14.7. The van der Waals surface area contributed by atoms with E-state index < -0.39 is 6.04 Å². The molecule has 0 spiro atoms. The molecule has 4 heterocycles. The van der Waals surface area contributed by atoms with Crippen LogP contribution in [0.2, 0.25) is 0 Å². The van der Waals surface area contributed by atoms with Gasteiger partial charge in [0.1, 0.15) is 24.2 Å². The maximum atomic E-state index is 13.4. The van der Waals surface area contributed by atoms with Crippen molar-refractivity contribution in [3.05, 3.63) is 83.9 Å². The lowest BCUT2D eigenvalue weighted by molar-refractivity contribution is -0.118. The highest BCUT2D eigenvalue weighted by Crippen LogP contribution is 2.26. The number of anilines is 1. The molecule has 0 aliphatic carbocycles. The Labute approximate surface area is 251 Å². The quantitative estimate of drug-likeness (QED) is 0.414. The minimum atomic E-state index is -0.448. The average molecular weight is 583 g/mol. The molecule has 3 aliphatic rings. The van der Waals surface area contributed by atoms with Gasteiger partial charge < -0.3 is 24.8 Å². The van der Waals surface area contributed by atoms with Crippen molar-refractivity contribution in [2.45, 2.75) is 12.6 Å². The van der Waals surface area contributed by atoms with Crippen molar-refractivity contribution in [1.82, 2.24) is 29.4 Å². The predicted octanol–water partition coefficient (Wildman–Crippen LogP) is 2.48. The van der Waals surface area contributed by atoms with Crippen LogP contribution >= 0.6 is 0 Å². The van der Waals surface area contributed by atoms with Crippen molar-refractivity contribution in [2.24, 2.45) is 4.99 Å². The number of aromatic nitrogens is 2. The Kier molecular flexibility index (Phi) is 8.26. The molecule has 1 atom stereocenters. The number of allylic oxidation sites excluding steroid dienone is 1. The van der Waals surface area contributed by atoms with Gasteiger partial charge in [-0.25, -0.2) is 0 Å². The van der Waals surface area contributed by atoms with E-state index in [-0.39, 0.29) is 11.8 Å². The second-order valence-electron chi connectivity index (χ2n) is 11.4. The number of likely N-dealkylation sites (N-methyl/N-ethyl adjacent to an activating group) is 1. The van der Waals surface area contributed by atoms with Crippen LogP contribution in [-0.2, 0) is 16.1 Å². The van der Waals surface area contributed by atoms with Crippen LogP contribution in [-0.4, -0.2) is 120 Å². The first-order chi connectivity index (χ1) is 20.9. The van der Waals surface area contributed by atoms with Gasteiger partial charge >= 0.3 is 0 Å². The van der Waals surface area contributed by atoms with Gasteiger partial charge in [0.2, 0.25) is 5.91 Å². The van der Waals surface area contributed by atoms with Gasteiger partial charge in [0, 0.05) is 70.0 Å². The van der Waals surface area contributed by atoms with Crippen LogP contribution in [0.3, 0.4) is 0 Å². The van der Waals surface area contributed by atoms with Gasteiger partial charge in [-0.05, 0) is 43.0 Å². The SMILES string of the molecule is CN1CCN(CCOC2=CC3=NCC(C(=O)Nc4cccc5c4cnn5Cc4cccc(C(=O)N(C)C)c4)N3C=C2)CC1. The van der Waals surface area contributed by atoms with E-state index in [0.717, 1.165) is 60.8 Å². The predicted molar refractivity (Wildman–Crippen MR) is 167 cm³/mol. The van der Waals surface area contributed by atoms with Crippen LogP contribution in [0.4, 0.5) is 5.69 Å². The minimum absolute atomic E-state index is 0.0415. The van der Waals surface area contributed by atoms with Crippen LogP contribution in [0.25, 0.3) is 10.9 Å². The van der Waals surface area contributed by atoms with Gasteiger partial charge in [-0.2, -0.15) is 5.10 Å². The summed E-state index contributed by atoms with van der Waals surface area (Å²) < 4.78 is 7.90. The van der Waals surface area contributed by atoms with Crippen LogP contribution < -0.4 is 5.32 Å². The van der Waals surface area contributed by atoms with Crippen molar-refractivity contribution in [3.63, 3.8) is 0 Å². The molecular formula is C32H38N8O3. The molecule has 0 radical (unpaired) electrons. The molecule has 43 heavy (non-hydrogen) atoms. The van der Waals surface area contributed by atoms with E-state index in [1.165, 1.54) is 0 Å². The molecule has 3 aromatic rings. The van der Waals surface area contributed by atoms with Gasteiger partial charge in [-0.1, -0.05) is 18.2 Å². The van der Waals surface area contributed by atoms with E-state index in [1.807, 2.05) is 70.4 Å². The molecule has 1 fully saturated rings. The average Bonchev–Trinajstić information content (AvgIpc) is 3.62. The number of hydrogen-bond acceptors (Lipinski definition) is 8. The van der Waals surface area contributed by atoms with Crippen LogP contribution in [0.5, 0.6) is 0 Å². The smallest absolute Gasteiger partial charge is 0.253 e. The summed E-state index contributed by atoms with van der Waals surface area (Å²) in [5, 5.41) is 8.55. The Bertz CT molecular complexity index is 1600. The maximum Gasteiger partial charge on any atom is 0.253 e. The highest BCUT2D eigenvalue weighted by molar-refractivity contribution is 6.07. The molecule has 0 saturated carbocycles. The van der Waals surface area contributed by atoms with E-state index >= 15 is 0 Å². The highest BCUT2D eigenvalue weighted by Gasteiger charge is 2.33. The monoisotopic (exact) mass is 582 g/mol. The Balaban J connectivity index is 1.07. The Hall–Kier alpha value is -4.48. The zero-order chi connectivity index (χ0) is 29.9. The second-order valence-corrected chi connectivity index (χ2v) is 11.4. The number of amides is 2. The number of nitrogens with zero attached hydrogens (tertiary/aromatic N) is 7. The standard InChI is InChI=1S/C32H38N8O3/c1-36(2)32(42)24-7-4-6-23(18-24)22-40-28-9-5-8-27(26(28)20-34-40)35-31(41)29-21-33-30-19-25(10-11-39(29)30)43-17-16-38-14-12-37(3)13-15-38/h4-11,18-20,29H,12-17,21-22H2,1-3H3,(H,35,41). The van der Waals surface area contributed by atoms with E-state index in [4.69, 9.17) is 4.74 Å². The van der Waals surface area contributed by atoms with Crippen LogP contribution in [0, 0.1) is 0 Å². The number of carbonyl (C=O) groups excluding carboxylic acids is 2. The molecule has 1 unspecified atom stereocenters. The molecule has 6 rings (SSSR count). The number of hydrogen-bond donors (Lipinski definition) is 1. The molecule has 3 aliphatic heterocycles.